The third-order valence-electron chi connectivity index (χ3n) is 4.01. The highest BCUT2D eigenvalue weighted by Gasteiger charge is 2.34. The summed E-state index contributed by atoms with van der Waals surface area (Å²) >= 11 is 4.91. The predicted molar refractivity (Wildman–Crippen MR) is 77.0 cm³/mol. The molecule has 1 aromatic heterocycles. The van der Waals surface area contributed by atoms with Crippen LogP contribution in [0, 0.1) is 5.41 Å². The number of rotatable bonds is 3. The number of amides is 1. The normalized spacial score (nSPS) is 18.9. The molecule has 0 spiro atoms. The summed E-state index contributed by atoms with van der Waals surface area (Å²) in [6, 6.07) is 1.88. The van der Waals surface area contributed by atoms with E-state index < -0.39 is 0 Å². The largest absolute Gasteiger partial charge is 0.396 e. The molecule has 18 heavy (non-hydrogen) atoms. The van der Waals surface area contributed by atoms with Crippen LogP contribution in [0.25, 0.3) is 0 Å². The van der Waals surface area contributed by atoms with Crippen LogP contribution in [0.3, 0.4) is 0 Å². The summed E-state index contributed by atoms with van der Waals surface area (Å²) in [5, 5.41) is 11.4. The van der Waals surface area contributed by atoms with E-state index in [1.165, 1.54) is 11.3 Å². The average molecular weight is 332 g/mol. The Balaban J connectivity index is 1.99. The van der Waals surface area contributed by atoms with Gasteiger partial charge in [-0.2, -0.15) is 0 Å². The van der Waals surface area contributed by atoms with Gasteiger partial charge in [0, 0.05) is 25.1 Å². The maximum atomic E-state index is 12.2. The topological polar surface area (TPSA) is 40.5 Å². The zero-order chi connectivity index (χ0) is 13.2. The first-order valence-corrected chi connectivity index (χ1v) is 7.92. The standard InChI is InChI=1S/C13H18BrNO2S/c1-2-13(9-16)3-5-15(6-4-13)12(17)10-7-11(14)18-8-10/h7-8,16H,2-6,9H2,1H3. The Kier molecular flexibility index (Phi) is 4.45. The number of carbonyl (C=O) groups is 1. The van der Waals surface area contributed by atoms with Gasteiger partial charge in [-0.1, -0.05) is 6.92 Å². The smallest absolute Gasteiger partial charge is 0.254 e. The van der Waals surface area contributed by atoms with Gasteiger partial charge < -0.3 is 10.0 Å². The fourth-order valence-electron chi connectivity index (χ4n) is 2.41. The van der Waals surface area contributed by atoms with Crippen molar-refractivity contribution in [3.8, 4) is 0 Å². The van der Waals surface area contributed by atoms with Gasteiger partial charge in [-0.15, -0.1) is 11.3 Å². The van der Waals surface area contributed by atoms with E-state index in [0.717, 1.165) is 41.7 Å². The van der Waals surface area contributed by atoms with Crippen molar-refractivity contribution in [2.24, 2.45) is 5.41 Å². The summed E-state index contributed by atoms with van der Waals surface area (Å²) < 4.78 is 0.987. The van der Waals surface area contributed by atoms with Crippen molar-refractivity contribution in [2.75, 3.05) is 19.7 Å². The Morgan fingerprint density at radius 2 is 2.22 bits per heavy atom. The molecule has 100 valence electrons. The van der Waals surface area contributed by atoms with Crippen molar-refractivity contribution < 1.29 is 9.90 Å². The van der Waals surface area contributed by atoms with Crippen molar-refractivity contribution >= 4 is 33.2 Å². The Hall–Kier alpha value is -0.390. The first-order valence-electron chi connectivity index (χ1n) is 6.24. The molecule has 0 radical (unpaired) electrons. The van der Waals surface area contributed by atoms with E-state index in [1.54, 1.807) is 0 Å². The van der Waals surface area contributed by atoms with Gasteiger partial charge >= 0.3 is 0 Å². The average Bonchev–Trinajstić information content (AvgIpc) is 2.85. The van der Waals surface area contributed by atoms with Crippen LogP contribution in [-0.4, -0.2) is 35.6 Å². The van der Waals surface area contributed by atoms with Gasteiger partial charge in [0.25, 0.3) is 5.91 Å². The molecule has 1 N–H and O–H groups in total. The summed E-state index contributed by atoms with van der Waals surface area (Å²) in [4.78, 5) is 14.2. The van der Waals surface area contributed by atoms with Crippen LogP contribution in [0.1, 0.15) is 36.5 Å². The van der Waals surface area contributed by atoms with Crippen LogP contribution in [0.2, 0.25) is 0 Å². The maximum absolute atomic E-state index is 12.2. The Morgan fingerprint density at radius 1 is 1.56 bits per heavy atom. The lowest BCUT2D eigenvalue weighted by atomic mass is 9.77. The van der Waals surface area contributed by atoms with E-state index in [-0.39, 0.29) is 17.9 Å². The summed E-state index contributed by atoms with van der Waals surface area (Å²) in [5.41, 5.74) is 0.798. The molecule has 0 bridgehead atoms. The van der Waals surface area contributed by atoms with Crippen LogP contribution in [0.15, 0.2) is 15.2 Å². The quantitative estimate of drug-likeness (QED) is 0.924. The highest BCUT2D eigenvalue weighted by atomic mass is 79.9. The Morgan fingerprint density at radius 3 is 2.67 bits per heavy atom. The van der Waals surface area contributed by atoms with Crippen molar-refractivity contribution in [1.29, 1.82) is 0 Å². The first-order chi connectivity index (χ1) is 8.60. The van der Waals surface area contributed by atoms with Crippen molar-refractivity contribution in [3.63, 3.8) is 0 Å². The van der Waals surface area contributed by atoms with Crippen molar-refractivity contribution in [2.45, 2.75) is 26.2 Å². The molecule has 0 aliphatic carbocycles. The lowest BCUT2D eigenvalue weighted by molar-refractivity contribution is 0.0338. The van der Waals surface area contributed by atoms with E-state index in [4.69, 9.17) is 0 Å². The molecular weight excluding hydrogens is 314 g/mol. The molecular formula is C13H18BrNO2S. The third-order valence-corrected chi connectivity index (χ3v) is 5.52. The lowest BCUT2D eigenvalue weighted by Gasteiger charge is -2.40. The molecule has 1 aliphatic rings. The molecule has 0 atom stereocenters. The molecule has 1 aromatic rings. The Labute approximate surface area is 120 Å². The van der Waals surface area contributed by atoms with Gasteiger partial charge in [-0.25, -0.2) is 0 Å². The Bertz CT molecular complexity index is 418. The highest BCUT2D eigenvalue weighted by molar-refractivity contribution is 9.11. The van der Waals surface area contributed by atoms with E-state index in [0.29, 0.717) is 0 Å². The number of aliphatic hydroxyl groups excluding tert-OH is 1. The second-order valence-corrected chi connectivity index (χ2v) is 7.23. The van der Waals surface area contributed by atoms with E-state index >= 15 is 0 Å². The van der Waals surface area contributed by atoms with Crippen LogP contribution in [0.5, 0.6) is 0 Å². The van der Waals surface area contributed by atoms with Gasteiger partial charge in [0.1, 0.15) is 0 Å². The van der Waals surface area contributed by atoms with Gasteiger partial charge in [0.05, 0.1) is 9.35 Å². The molecule has 1 amide bonds. The molecule has 0 aromatic carbocycles. The van der Waals surface area contributed by atoms with E-state index in [1.807, 2.05) is 16.3 Å². The number of piperidine rings is 1. The highest BCUT2D eigenvalue weighted by Crippen LogP contribution is 2.34. The molecule has 1 fully saturated rings. The number of thiophene rings is 1. The van der Waals surface area contributed by atoms with Gasteiger partial charge in [-0.05, 0) is 46.7 Å². The number of carbonyl (C=O) groups excluding carboxylic acids is 1. The number of hydrogen-bond donors (Lipinski definition) is 1. The minimum Gasteiger partial charge on any atom is -0.396 e. The van der Waals surface area contributed by atoms with E-state index in [2.05, 4.69) is 22.9 Å². The monoisotopic (exact) mass is 331 g/mol. The molecule has 2 heterocycles. The summed E-state index contributed by atoms with van der Waals surface area (Å²) in [5.74, 6) is 0.111. The SMILES string of the molecule is CCC1(CO)CCN(C(=O)c2csc(Br)c2)CC1. The molecule has 3 nitrogen and oxygen atoms in total. The fraction of sp³-hybridized carbons (Fsp3) is 0.615. The van der Waals surface area contributed by atoms with Gasteiger partial charge in [0.2, 0.25) is 0 Å². The van der Waals surface area contributed by atoms with Gasteiger partial charge in [0.15, 0.2) is 0 Å². The van der Waals surface area contributed by atoms with E-state index in [9.17, 15) is 9.90 Å². The minimum atomic E-state index is 0.0337. The minimum absolute atomic E-state index is 0.0337. The van der Waals surface area contributed by atoms with Crippen LogP contribution >= 0.6 is 27.3 Å². The molecule has 5 heteroatoms. The van der Waals surface area contributed by atoms with Crippen LogP contribution < -0.4 is 0 Å². The number of likely N-dealkylation sites (tertiary alicyclic amines) is 1. The second-order valence-electron chi connectivity index (χ2n) is 4.94. The fourth-order valence-corrected chi connectivity index (χ4v) is 3.54. The number of halogens is 1. The molecule has 0 unspecified atom stereocenters. The molecule has 1 saturated heterocycles. The van der Waals surface area contributed by atoms with Crippen molar-refractivity contribution in [3.05, 3.63) is 20.8 Å². The van der Waals surface area contributed by atoms with Crippen LogP contribution in [0.4, 0.5) is 0 Å². The number of aliphatic hydroxyl groups is 1. The lowest BCUT2D eigenvalue weighted by Crippen LogP contribution is -2.44. The van der Waals surface area contributed by atoms with Crippen molar-refractivity contribution in [1.82, 2.24) is 4.90 Å². The second kappa shape index (κ2) is 5.72. The van der Waals surface area contributed by atoms with Crippen LogP contribution in [-0.2, 0) is 0 Å². The number of hydrogen-bond acceptors (Lipinski definition) is 3. The predicted octanol–water partition coefficient (Wildman–Crippen LogP) is 3.14. The van der Waals surface area contributed by atoms with Gasteiger partial charge in [-0.3, -0.25) is 4.79 Å². The summed E-state index contributed by atoms with van der Waals surface area (Å²) in [6.07, 6.45) is 2.78. The summed E-state index contributed by atoms with van der Waals surface area (Å²) in [6.45, 7) is 3.85. The molecule has 1 aliphatic heterocycles. The summed E-state index contributed by atoms with van der Waals surface area (Å²) in [7, 11) is 0. The third kappa shape index (κ3) is 2.78. The molecule has 0 saturated carbocycles. The zero-order valence-corrected chi connectivity index (χ0v) is 12.9. The zero-order valence-electron chi connectivity index (χ0n) is 10.5. The number of nitrogens with zero attached hydrogens (tertiary/aromatic N) is 1. The molecule has 2 rings (SSSR count). The first kappa shape index (κ1) is 14.0. The maximum Gasteiger partial charge on any atom is 0.254 e.